The molecule has 0 aliphatic rings. The number of non-ortho nitro benzene ring substituents is 1. The summed E-state index contributed by atoms with van der Waals surface area (Å²) in [5, 5.41) is 11.3. The van der Waals surface area contributed by atoms with Gasteiger partial charge in [-0.05, 0) is 33.7 Å². The van der Waals surface area contributed by atoms with Gasteiger partial charge in [0.1, 0.15) is 0 Å². The Morgan fingerprint density at radius 3 is 2.36 bits per heavy atom. The highest BCUT2D eigenvalue weighted by Gasteiger charge is 2.15. The summed E-state index contributed by atoms with van der Waals surface area (Å²) in [5.74, 6) is 0. The highest BCUT2D eigenvalue weighted by molar-refractivity contribution is 5.67. The lowest BCUT2D eigenvalue weighted by Gasteiger charge is -2.19. The average Bonchev–Trinajstić information content (AvgIpc) is 3.07. The summed E-state index contributed by atoms with van der Waals surface area (Å²) >= 11 is 0. The van der Waals surface area contributed by atoms with Crippen LogP contribution in [0, 0.1) is 10.1 Å². The minimum atomic E-state index is -0.343. The van der Waals surface area contributed by atoms with Gasteiger partial charge in [0.15, 0.2) is 0 Å². The van der Waals surface area contributed by atoms with Crippen molar-refractivity contribution in [1.82, 2.24) is 9.55 Å². The van der Waals surface area contributed by atoms with E-state index in [1.807, 2.05) is 29.0 Å². The number of nitrogens with zero attached hydrogens (tertiary/aromatic N) is 3. The van der Waals surface area contributed by atoms with Gasteiger partial charge in [-0.3, -0.25) is 10.1 Å². The summed E-state index contributed by atoms with van der Waals surface area (Å²) in [4.78, 5) is 15.0. The van der Waals surface area contributed by atoms with E-state index in [2.05, 4.69) is 37.9 Å². The molecule has 0 amide bonds. The number of imidazole rings is 1. The van der Waals surface area contributed by atoms with Crippen LogP contribution >= 0.6 is 0 Å². The zero-order valence-electron chi connectivity index (χ0n) is 14.6. The molecular formula is C20H21N3O2. The fourth-order valence-corrected chi connectivity index (χ4v) is 2.79. The van der Waals surface area contributed by atoms with Crippen molar-refractivity contribution >= 4 is 5.69 Å². The fraction of sp³-hybridized carbons (Fsp3) is 0.250. The largest absolute Gasteiger partial charge is 0.333 e. The normalized spacial score (nSPS) is 11.5. The molecule has 128 valence electrons. The molecule has 0 atom stereocenters. The Labute approximate surface area is 147 Å². The molecule has 0 N–H and O–H groups in total. The van der Waals surface area contributed by atoms with Gasteiger partial charge in [-0.25, -0.2) is 4.98 Å². The van der Waals surface area contributed by atoms with Crippen molar-refractivity contribution in [1.29, 1.82) is 0 Å². The third-order valence-corrected chi connectivity index (χ3v) is 4.20. The van der Waals surface area contributed by atoms with Gasteiger partial charge in [-0.15, -0.1) is 0 Å². The first-order valence-corrected chi connectivity index (χ1v) is 8.18. The zero-order chi connectivity index (χ0) is 18.0. The van der Waals surface area contributed by atoms with Crippen LogP contribution in [0.1, 0.15) is 31.9 Å². The van der Waals surface area contributed by atoms with Crippen LogP contribution in [-0.4, -0.2) is 14.5 Å². The maximum Gasteiger partial charge on any atom is 0.270 e. The van der Waals surface area contributed by atoms with Crippen molar-refractivity contribution in [3.63, 3.8) is 0 Å². The molecule has 0 spiro atoms. The molecule has 1 heterocycles. The number of hydrogen-bond acceptors (Lipinski definition) is 3. The van der Waals surface area contributed by atoms with E-state index in [1.54, 1.807) is 24.7 Å². The Kier molecular flexibility index (Phi) is 4.40. The van der Waals surface area contributed by atoms with Gasteiger partial charge in [0.2, 0.25) is 0 Å². The molecule has 1 aromatic heterocycles. The Bertz CT molecular complexity index is 876. The van der Waals surface area contributed by atoms with Crippen molar-refractivity contribution < 1.29 is 4.92 Å². The number of nitro benzene ring substituents is 1. The maximum absolute atomic E-state index is 11.3. The molecule has 0 saturated heterocycles. The number of aromatic nitrogens is 2. The van der Waals surface area contributed by atoms with E-state index in [9.17, 15) is 10.1 Å². The summed E-state index contributed by atoms with van der Waals surface area (Å²) in [6.45, 7) is 7.05. The van der Waals surface area contributed by atoms with Gasteiger partial charge in [0, 0.05) is 31.1 Å². The van der Waals surface area contributed by atoms with Crippen LogP contribution in [0.4, 0.5) is 5.69 Å². The van der Waals surface area contributed by atoms with Gasteiger partial charge in [-0.1, -0.05) is 45.0 Å². The second-order valence-corrected chi connectivity index (χ2v) is 7.21. The zero-order valence-corrected chi connectivity index (χ0v) is 14.6. The van der Waals surface area contributed by atoms with E-state index in [0.717, 1.165) is 16.7 Å². The standard InChI is InChI=1S/C20H21N3O2/c1-20(2,3)18-6-4-16(5-7-18)17-10-15(11-19(12-17)23(24)25)13-22-9-8-21-14-22/h4-12,14H,13H2,1-3H3. The second-order valence-electron chi connectivity index (χ2n) is 7.21. The predicted octanol–water partition coefficient (Wildman–Crippen LogP) is 4.80. The van der Waals surface area contributed by atoms with Crippen LogP contribution in [0.2, 0.25) is 0 Å². The topological polar surface area (TPSA) is 61.0 Å². The van der Waals surface area contributed by atoms with Crippen LogP contribution in [0.15, 0.2) is 61.2 Å². The monoisotopic (exact) mass is 335 g/mol. The second kappa shape index (κ2) is 6.51. The highest BCUT2D eigenvalue weighted by atomic mass is 16.6. The molecule has 3 aromatic rings. The number of benzene rings is 2. The molecule has 5 heteroatoms. The highest BCUT2D eigenvalue weighted by Crippen LogP contribution is 2.29. The Balaban J connectivity index is 1.99. The quantitative estimate of drug-likeness (QED) is 0.508. The molecule has 0 unspecified atom stereocenters. The number of nitro groups is 1. The van der Waals surface area contributed by atoms with E-state index in [-0.39, 0.29) is 16.0 Å². The minimum Gasteiger partial charge on any atom is -0.333 e. The molecule has 0 fully saturated rings. The lowest BCUT2D eigenvalue weighted by molar-refractivity contribution is -0.384. The van der Waals surface area contributed by atoms with Gasteiger partial charge >= 0.3 is 0 Å². The molecule has 25 heavy (non-hydrogen) atoms. The van der Waals surface area contributed by atoms with Gasteiger partial charge in [0.05, 0.1) is 11.3 Å². The SMILES string of the molecule is CC(C)(C)c1ccc(-c2cc(Cn3ccnc3)cc([N+](=O)[O-])c2)cc1. The van der Waals surface area contributed by atoms with Crippen LogP contribution in [-0.2, 0) is 12.0 Å². The van der Waals surface area contributed by atoms with E-state index in [0.29, 0.717) is 6.54 Å². The molecule has 0 aliphatic heterocycles. The molecule has 0 aliphatic carbocycles. The Morgan fingerprint density at radius 1 is 1.08 bits per heavy atom. The Hall–Kier alpha value is -2.95. The first kappa shape index (κ1) is 16.9. The van der Waals surface area contributed by atoms with Crippen molar-refractivity contribution in [3.8, 4) is 11.1 Å². The summed E-state index contributed by atoms with van der Waals surface area (Å²) in [6, 6.07) is 13.5. The maximum atomic E-state index is 11.3. The predicted molar refractivity (Wildman–Crippen MR) is 98.6 cm³/mol. The van der Waals surface area contributed by atoms with E-state index in [1.165, 1.54) is 5.56 Å². The van der Waals surface area contributed by atoms with Crippen molar-refractivity contribution in [2.24, 2.45) is 0 Å². The molecule has 0 bridgehead atoms. The fourth-order valence-electron chi connectivity index (χ4n) is 2.79. The minimum absolute atomic E-state index is 0.0772. The van der Waals surface area contributed by atoms with Crippen LogP contribution in [0.5, 0.6) is 0 Å². The number of rotatable bonds is 4. The molecular weight excluding hydrogens is 314 g/mol. The summed E-state index contributed by atoms with van der Waals surface area (Å²) in [6.07, 6.45) is 5.25. The Morgan fingerprint density at radius 2 is 1.80 bits per heavy atom. The first-order valence-electron chi connectivity index (χ1n) is 8.18. The molecule has 0 saturated carbocycles. The van der Waals surface area contributed by atoms with Crippen molar-refractivity contribution in [3.05, 3.63) is 82.4 Å². The van der Waals surface area contributed by atoms with Crippen LogP contribution in [0.25, 0.3) is 11.1 Å². The summed E-state index contributed by atoms with van der Waals surface area (Å²) in [7, 11) is 0. The third kappa shape index (κ3) is 3.94. The molecule has 3 rings (SSSR count). The first-order chi connectivity index (χ1) is 11.8. The smallest absolute Gasteiger partial charge is 0.270 e. The van der Waals surface area contributed by atoms with Crippen molar-refractivity contribution in [2.75, 3.05) is 0 Å². The van der Waals surface area contributed by atoms with Crippen molar-refractivity contribution in [2.45, 2.75) is 32.7 Å². The van der Waals surface area contributed by atoms with Crippen LogP contribution < -0.4 is 0 Å². The molecule has 0 radical (unpaired) electrons. The lowest BCUT2D eigenvalue weighted by Crippen LogP contribution is -2.10. The molecule has 5 nitrogen and oxygen atoms in total. The lowest BCUT2D eigenvalue weighted by atomic mass is 9.86. The van der Waals surface area contributed by atoms with E-state index in [4.69, 9.17) is 0 Å². The molecule has 2 aromatic carbocycles. The summed E-state index contributed by atoms with van der Waals surface area (Å²) < 4.78 is 1.89. The third-order valence-electron chi connectivity index (χ3n) is 4.20. The van der Waals surface area contributed by atoms with E-state index < -0.39 is 0 Å². The van der Waals surface area contributed by atoms with Gasteiger partial charge in [-0.2, -0.15) is 0 Å². The van der Waals surface area contributed by atoms with Crippen LogP contribution in [0.3, 0.4) is 0 Å². The summed E-state index contributed by atoms with van der Waals surface area (Å²) in [5.41, 5.74) is 4.12. The van der Waals surface area contributed by atoms with Gasteiger partial charge < -0.3 is 4.57 Å². The van der Waals surface area contributed by atoms with Gasteiger partial charge in [0.25, 0.3) is 5.69 Å². The van der Waals surface area contributed by atoms with E-state index >= 15 is 0 Å². The average molecular weight is 335 g/mol. The number of hydrogen-bond donors (Lipinski definition) is 0.